The smallest absolute Gasteiger partial charge is 0.345 e. The van der Waals surface area contributed by atoms with Crippen molar-refractivity contribution in [2.75, 3.05) is 18.1 Å². The number of rotatable bonds is 2. The first-order valence-electron chi connectivity index (χ1n) is 5.38. The van der Waals surface area contributed by atoms with Gasteiger partial charge in [0, 0.05) is 12.3 Å². The lowest BCUT2D eigenvalue weighted by Gasteiger charge is -2.11. The minimum atomic E-state index is -0.774. The van der Waals surface area contributed by atoms with E-state index in [0.717, 1.165) is 0 Å². The Kier molecular flexibility index (Phi) is 3.30. The Morgan fingerprint density at radius 1 is 1.67 bits per heavy atom. The summed E-state index contributed by atoms with van der Waals surface area (Å²) in [4.78, 5) is 23.8. The van der Waals surface area contributed by atoms with Crippen LogP contribution in [-0.4, -0.2) is 22.9 Å². The fourth-order valence-corrected chi connectivity index (χ4v) is 2.91. The van der Waals surface area contributed by atoms with Gasteiger partial charge >= 0.3 is 5.97 Å². The van der Waals surface area contributed by atoms with Gasteiger partial charge in [0.1, 0.15) is 17.2 Å². The molecule has 0 aromatic carbocycles. The zero-order chi connectivity index (χ0) is 13.3. The third-order valence-electron chi connectivity index (χ3n) is 2.60. The molecule has 6 nitrogen and oxygen atoms in total. The number of hydrogen-bond donors (Lipinski definition) is 1. The molecular weight excluding hydrogens is 254 g/mol. The topological polar surface area (TPSA) is 98.1 Å². The van der Waals surface area contributed by atoms with Crippen LogP contribution in [0.2, 0.25) is 0 Å². The summed E-state index contributed by atoms with van der Waals surface area (Å²) >= 11 is 1.39. The molecular formula is C11H11N3O3S. The van der Waals surface area contributed by atoms with Crippen LogP contribution in [0.1, 0.15) is 22.8 Å². The van der Waals surface area contributed by atoms with Crippen LogP contribution in [0.15, 0.2) is 9.82 Å². The van der Waals surface area contributed by atoms with Gasteiger partial charge in [-0.3, -0.25) is 4.79 Å². The van der Waals surface area contributed by atoms with Crippen molar-refractivity contribution in [3.8, 4) is 6.07 Å². The first-order valence-corrected chi connectivity index (χ1v) is 6.36. The second kappa shape index (κ2) is 4.74. The SMILES string of the molecule is CCOC(=O)c1c(N)c(C#N)c2n(c1=O)CCS2. The van der Waals surface area contributed by atoms with E-state index in [1.165, 1.54) is 16.3 Å². The molecule has 0 radical (unpaired) electrons. The highest BCUT2D eigenvalue weighted by molar-refractivity contribution is 7.99. The van der Waals surface area contributed by atoms with Gasteiger partial charge < -0.3 is 15.0 Å². The highest BCUT2D eigenvalue weighted by atomic mass is 32.2. The van der Waals surface area contributed by atoms with Gasteiger partial charge in [-0.05, 0) is 6.92 Å². The normalized spacial score (nSPS) is 12.9. The number of nitrogen functional groups attached to an aromatic ring is 1. The van der Waals surface area contributed by atoms with E-state index in [4.69, 9.17) is 15.7 Å². The van der Waals surface area contributed by atoms with Crippen molar-refractivity contribution in [3.63, 3.8) is 0 Å². The zero-order valence-electron chi connectivity index (χ0n) is 9.73. The van der Waals surface area contributed by atoms with E-state index in [2.05, 4.69) is 0 Å². The number of hydrogen-bond acceptors (Lipinski definition) is 6. The monoisotopic (exact) mass is 265 g/mol. The number of anilines is 1. The predicted octanol–water partition coefficient (Wildman–Crippen LogP) is 0.585. The second-order valence-electron chi connectivity index (χ2n) is 3.61. The van der Waals surface area contributed by atoms with E-state index in [1.54, 1.807) is 6.92 Å². The molecule has 0 unspecified atom stereocenters. The number of carbonyl (C=O) groups excluding carboxylic acids is 1. The summed E-state index contributed by atoms with van der Waals surface area (Å²) in [6.07, 6.45) is 0. The molecule has 0 saturated heterocycles. The summed E-state index contributed by atoms with van der Waals surface area (Å²) in [5, 5.41) is 9.63. The molecule has 18 heavy (non-hydrogen) atoms. The minimum absolute atomic E-state index is 0.0819. The summed E-state index contributed by atoms with van der Waals surface area (Å²) in [5.74, 6) is -0.0842. The number of carbonyl (C=O) groups is 1. The zero-order valence-corrected chi connectivity index (χ0v) is 10.5. The first kappa shape index (κ1) is 12.5. The molecule has 0 saturated carbocycles. The van der Waals surface area contributed by atoms with Gasteiger partial charge in [0.2, 0.25) is 0 Å². The molecule has 1 aromatic heterocycles. The van der Waals surface area contributed by atoms with Gasteiger partial charge in [-0.1, -0.05) is 0 Å². The van der Waals surface area contributed by atoms with E-state index < -0.39 is 11.5 Å². The van der Waals surface area contributed by atoms with Gasteiger partial charge in [0.05, 0.1) is 17.3 Å². The van der Waals surface area contributed by atoms with Crippen LogP contribution in [0.4, 0.5) is 5.69 Å². The molecule has 1 aromatic rings. The van der Waals surface area contributed by atoms with Crippen molar-refractivity contribution >= 4 is 23.4 Å². The van der Waals surface area contributed by atoms with Gasteiger partial charge in [0.15, 0.2) is 0 Å². The Hall–Kier alpha value is -1.94. The average molecular weight is 265 g/mol. The van der Waals surface area contributed by atoms with Crippen LogP contribution in [-0.2, 0) is 11.3 Å². The molecule has 1 aliphatic rings. The first-order chi connectivity index (χ1) is 8.61. The van der Waals surface area contributed by atoms with E-state index in [-0.39, 0.29) is 23.4 Å². The summed E-state index contributed by atoms with van der Waals surface area (Å²) in [5.41, 5.74) is 5.13. The summed E-state index contributed by atoms with van der Waals surface area (Å²) in [6, 6.07) is 1.95. The largest absolute Gasteiger partial charge is 0.462 e. The van der Waals surface area contributed by atoms with Gasteiger partial charge in [-0.25, -0.2) is 4.79 Å². The number of aromatic nitrogens is 1. The lowest BCUT2D eigenvalue weighted by molar-refractivity contribution is 0.0524. The number of pyridine rings is 1. The highest BCUT2D eigenvalue weighted by Gasteiger charge is 2.27. The number of nitrogens with two attached hydrogens (primary N) is 1. The Bertz CT molecular complexity index is 615. The Morgan fingerprint density at radius 2 is 2.39 bits per heavy atom. The fourth-order valence-electron chi connectivity index (χ4n) is 1.81. The number of nitriles is 1. The number of esters is 1. The molecule has 2 heterocycles. The van der Waals surface area contributed by atoms with Crippen LogP contribution in [0.3, 0.4) is 0 Å². The summed E-state index contributed by atoms with van der Waals surface area (Å²) in [7, 11) is 0. The summed E-state index contributed by atoms with van der Waals surface area (Å²) in [6.45, 7) is 2.26. The van der Waals surface area contributed by atoms with E-state index in [0.29, 0.717) is 17.3 Å². The van der Waals surface area contributed by atoms with Crippen LogP contribution in [0.25, 0.3) is 0 Å². The van der Waals surface area contributed by atoms with Crippen LogP contribution in [0.5, 0.6) is 0 Å². The number of thioether (sulfide) groups is 1. The molecule has 0 aliphatic carbocycles. The summed E-state index contributed by atoms with van der Waals surface area (Å²) < 4.78 is 6.21. The molecule has 7 heteroatoms. The van der Waals surface area contributed by atoms with Crippen molar-refractivity contribution in [3.05, 3.63) is 21.5 Å². The van der Waals surface area contributed by atoms with E-state index in [9.17, 15) is 9.59 Å². The van der Waals surface area contributed by atoms with Crippen molar-refractivity contribution in [2.45, 2.75) is 18.5 Å². The second-order valence-corrected chi connectivity index (χ2v) is 4.69. The molecule has 0 spiro atoms. The molecule has 1 aliphatic heterocycles. The molecule has 0 amide bonds. The molecule has 0 fully saturated rings. The van der Waals surface area contributed by atoms with Crippen molar-refractivity contribution < 1.29 is 9.53 Å². The molecule has 2 N–H and O–H groups in total. The predicted molar refractivity (Wildman–Crippen MR) is 66.5 cm³/mol. The van der Waals surface area contributed by atoms with Crippen LogP contribution >= 0.6 is 11.8 Å². The number of nitrogens with zero attached hydrogens (tertiary/aromatic N) is 2. The average Bonchev–Trinajstić information content (AvgIpc) is 2.79. The fraction of sp³-hybridized carbons (Fsp3) is 0.364. The van der Waals surface area contributed by atoms with Gasteiger partial charge in [0.25, 0.3) is 5.56 Å². The number of fused-ring (bicyclic) bond motifs is 1. The Balaban J connectivity index is 2.73. The lowest BCUT2D eigenvalue weighted by atomic mass is 10.1. The van der Waals surface area contributed by atoms with Gasteiger partial charge in [-0.15, -0.1) is 11.8 Å². The van der Waals surface area contributed by atoms with Crippen molar-refractivity contribution in [2.24, 2.45) is 0 Å². The maximum atomic E-state index is 12.1. The Morgan fingerprint density at radius 3 is 3.00 bits per heavy atom. The Labute approximate surface area is 107 Å². The van der Waals surface area contributed by atoms with Gasteiger partial charge in [-0.2, -0.15) is 5.26 Å². The number of ether oxygens (including phenoxy) is 1. The lowest BCUT2D eigenvalue weighted by Crippen LogP contribution is -2.29. The molecule has 94 valence electrons. The van der Waals surface area contributed by atoms with Crippen LogP contribution < -0.4 is 11.3 Å². The van der Waals surface area contributed by atoms with Crippen molar-refractivity contribution in [1.29, 1.82) is 5.26 Å². The van der Waals surface area contributed by atoms with Crippen molar-refractivity contribution in [1.82, 2.24) is 4.57 Å². The molecule has 0 bridgehead atoms. The van der Waals surface area contributed by atoms with Crippen LogP contribution in [0, 0.1) is 11.3 Å². The maximum absolute atomic E-state index is 12.1. The third-order valence-corrected chi connectivity index (χ3v) is 3.69. The van der Waals surface area contributed by atoms with E-state index >= 15 is 0 Å². The molecule has 0 atom stereocenters. The molecule has 2 rings (SSSR count). The minimum Gasteiger partial charge on any atom is -0.462 e. The third kappa shape index (κ3) is 1.75. The highest BCUT2D eigenvalue weighted by Crippen LogP contribution is 2.31. The standard InChI is InChI=1S/C11H11N3O3S/c1-2-17-11(16)7-8(13)6(5-12)10-14(9(7)15)3-4-18-10/h2-4,13H2,1H3. The quantitative estimate of drug-likeness (QED) is 0.786. The van der Waals surface area contributed by atoms with E-state index in [1.807, 2.05) is 6.07 Å². The maximum Gasteiger partial charge on any atom is 0.345 e.